The summed E-state index contributed by atoms with van der Waals surface area (Å²) < 4.78 is 5.46. The number of benzene rings is 1. The van der Waals surface area contributed by atoms with E-state index in [1.807, 2.05) is 6.07 Å². The largest absolute Gasteiger partial charge is 0.383 e. The minimum atomic E-state index is -0.348. The molecule has 0 bridgehead atoms. The number of anilines is 1. The van der Waals surface area contributed by atoms with E-state index in [9.17, 15) is 10.1 Å². The van der Waals surface area contributed by atoms with Crippen molar-refractivity contribution in [2.75, 3.05) is 39.2 Å². The van der Waals surface area contributed by atoms with Crippen LogP contribution in [0.25, 0.3) is 0 Å². The molecule has 0 unspecified atom stereocenters. The van der Waals surface area contributed by atoms with Gasteiger partial charge in [0.1, 0.15) is 0 Å². The van der Waals surface area contributed by atoms with Gasteiger partial charge in [-0.2, -0.15) is 0 Å². The predicted molar refractivity (Wildman–Crippen MR) is 82.8 cm³/mol. The number of nitro benzene ring substituents is 1. The molecule has 0 radical (unpaired) electrons. The summed E-state index contributed by atoms with van der Waals surface area (Å²) in [6.45, 7) is 4.12. The molecular formula is C15H23N3O3. The number of nitro groups is 1. The molecular weight excluding hydrogens is 270 g/mol. The van der Waals surface area contributed by atoms with Gasteiger partial charge >= 0.3 is 0 Å². The molecule has 0 saturated carbocycles. The Morgan fingerprint density at radius 3 is 2.57 bits per heavy atom. The number of nitrogens with zero attached hydrogens (tertiary/aromatic N) is 2. The maximum Gasteiger partial charge on any atom is 0.272 e. The monoisotopic (exact) mass is 293 g/mol. The van der Waals surface area contributed by atoms with Crippen molar-refractivity contribution >= 4 is 11.4 Å². The highest BCUT2D eigenvalue weighted by molar-refractivity contribution is 5.53. The zero-order valence-corrected chi connectivity index (χ0v) is 12.9. The van der Waals surface area contributed by atoms with Crippen LogP contribution in [0.3, 0.4) is 0 Å². The Bertz CT molecular complexity index is 511. The quantitative estimate of drug-likeness (QED) is 0.667. The van der Waals surface area contributed by atoms with E-state index in [4.69, 9.17) is 4.74 Å². The molecule has 1 heterocycles. The zero-order chi connectivity index (χ0) is 15.5. The molecule has 0 aromatic heterocycles. The highest BCUT2D eigenvalue weighted by Gasteiger charge is 2.34. The van der Waals surface area contributed by atoms with E-state index >= 15 is 0 Å². The summed E-state index contributed by atoms with van der Waals surface area (Å²) in [5.74, 6) is 0. The van der Waals surface area contributed by atoms with Gasteiger partial charge in [-0.3, -0.25) is 10.1 Å². The van der Waals surface area contributed by atoms with Gasteiger partial charge in [0.25, 0.3) is 5.69 Å². The lowest BCUT2D eigenvalue weighted by molar-refractivity contribution is -0.385. The van der Waals surface area contributed by atoms with Crippen LogP contribution in [-0.4, -0.2) is 49.2 Å². The Hall–Kier alpha value is -1.66. The van der Waals surface area contributed by atoms with E-state index < -0.39 is 0 Å². The Kier molecular flexibility index (Phi) is 4.80. The van der Waals surface area contributed by atoms with Crippen molar-refractivity contribution in [2.24, 2.45) is 0 Å². The Morgan fingerprint density at radius 1 is 1.38 bits per heavy atom. The molecule has 6 heteroatoms. The highest BCUT2D eigenvalue weighted by Crippen LogP contribution is 2.27. The van der Waals surface area contributed by atoms with Crippen molar-refractivity contribution in [2.45, 2.75) is 25.3 Å². The molecule has 1 aromatic carbocycles. The number of ether oxygens (including phenoxy) is 1. The number of hydrogen-bond donors (Lipinski definition) is 1. The topological polar surface area (TPSA) is 67.6 Å². The summed E-state index contributed by atoms with van der Waals surface area (Å²) in [4.78, 5) is 12.7. The SMILES string of the molecule is Cc1cc(NCC2(N(C)C)CCOCC2)ccc1[N+](=O)[O-]. The number of nitrogens with one attached hydrogen (secondary N) is 1. The molecule has 1 N–H and O–H groups in total. The van der Waals surface area contributed by atoms with Crippen LogP contribution in [0.5, 0.6) is 0 Å². The summed E-state index contributed by atoms with van der Waals surface area (Å²) in [5.41, 5.74) is 1.84. The lowest BCUT2D eigenvalue weighted by Gasteiger charge is -2.43. The smallest absolute Gasteiger partial charge is 0.272 e. The Balaban J connectivity index is 2.07. The molecule has 1 aliphatic rings. The lowest BCUT2D eigenvalue weighted by Crippen LogP contribution is -2.53. The fourth-order valence-corrected chi connectivity index (χ4v) is 2.77. The van der Waals surface area contributed by atoms with Crippen molar-refractivity contribution in [3.05, 3.63) is 33.9 Å². The second-order valence-corrected chi connectivity index (χ2v) is 5.84. The van der Waals surface area contributed by atoms with E-state index in [1.54, 1.807) is 19.1 Å². The van der Waals surface area contributed by atoms with Gasteiger partial charge in [-0.1, -0.05) is 0 Å². The zero-order valence-electron chi connectivity index (χ0n) is 12.9. The number of rotatable bonds is 5. The van der Waals surface area contributed by atoms with Gasteiger partial charge in [-0.25, -0.2) is 0 Å². The molecule has 0 amide bonds. The van der Waals surface area contributed by atoms with Crippen molar-refractivity contribution < 1.29 is 9.66 Å². The lowest BCUT2D eigenvalue weighted by atomic mass is 9.88. The standard InChI is InChI=1S/C15H23N3O3/c1-12-10-13(4-5-14(12)18(19)20)16-11-15(17(2)3)6-8-21-9-7-15/h4-5,10,16H,6-9,11H2,1-3H3. The Morgan fingerprint density at radius 2 is 2.05 bits per heavy atom. The minimum Gasteiger partial charge on any atom is -0.383 e. The van der Waals surface area contributed by atoms with Crippen LogP contribution in [0.1, 0.15) is 18.4 Å². The van der Waals surface area contributed by atoms with Crippen LogP contribution in [0, 0.1) is 17.0 Å². The molecule has 116 valence electrons. The fourth-order valence-electron chi connectivity index (χ4n) is 2.77. The van der Waals surface area contributed by atoms with Crippen LogP contribution < -0.4 is 5.32 Å². The molecule has 1 fully saturated rings. The van der Waals surface area contributed by atoms with Crippen LogP contribution in [0.4, 0.5) is 11.4 Å². The van der Waals surface area contributed by atoms with Crippen molar-refractivity contribution in [3.8, 4) is 0 Å². The van der Waals surface area contributed by atoms with Gasteiger partial charge in [0.2, 0.25) is 0 Å². The van der Waals surface area contributed by atoms with Crippen LogP contribution in [-0.2, 0) is 4.74 Å². The van der Waals surface area contributed by atoms with Crippen LogP contribution in [0.15, 0.2) is 18.2 Å². The number of aryl methyl sites for hydroxylation is 1. The second-order valence-electron chi connectivity index (χ2n) is 5.84. The molecule has 0 spiro atoms. The van der Waals surface area contributed by atoms with Crippen LogP contribution in [0.2, 0.25) is 0 Å². The first-order valence-corrected chi connectivity index (χ1v) is 7.19. The summed E-state index contributed by atoms with van der Waals surface area (Å²) in [6.07, 6.45) is 1.97. The van der Waals surface area contributed by atoms with E-state index in [-0.39, 0.29) is 16.1 Å². The molecule has 1 saturated heterocycles. The maximum atomic E-state index is 10.8. The van der Waals surface area contributed by atoms with Gasteiger partial charge in [-0.15, -0.1) is 0 Å². The first kappa shape index (κ1) is 15.7. The molecule has 0 atom stereocenters. The fraction of sp³-hybridized carbons (Fsp3) is 0.600. The van der Waals surface area contributed by atoms with Gasteiger partial charge in [0.15, 0.2) is 0 Å². The third kappa shape index (κ3) is 3.51. The van der Waals surface area contributed by atoms with Gasteiger partial charge in [-0.05, 0) is 46.0 Å². The third-order valence-corrected chi connectivity index (χ3v) is 4.39. The second kappa shape index (κ2) is 6.41. The van der Waals surface area contributed by atoms with Gasteiger partial charge in [0, 0.05) is 42.6 Å². The number of likely N-dealkylation sites (N-methyl/N-ethyl adjacent to an activating group) is 1. The third-order valence-electron chi connectivity index (χ3n) is 4.39. The first-order valence-electron chi connectivity index (χ1n) is 7.19. The van der Waals surface area contributed by atoms with E-state index in [0.29, 0.717) is 5.56 Å². The molecule has 2 rings (SSSR count). The summed E-state index contributed by atoms with van der Waals surface area (Å²) in [5, 5.41) is 14.3. The molecule has 21 heavy (non-hydrogen) atoms. The van der Waals surface area contributed by atoms with Crippen molar-refractivity contribution in [1.82, 2.24) is 4.90 Å². The van der Waals surface area contributed by atoms with Gasteiger partial charge < -0.3 is 15.0 Å². The average molecular weight is 293 g/mol. The van der Waals surface area contributed by atoms with E-state index in [2.05, 4.69) is 24.3 Å². The van der Waals surface area contributed by atoms with Crippen LogP contribution >= 0.6 is 0 Å². The maximum absolute atomic E-state index is 10.8. The summed E-state index contributed by atoms with van der Waals surface area (Å²) in [7, 11) is 4.18. The predicted octanol–water partition coefficient (Wildman–Crippen LogP) is 2.43. The summed E-state index contributed by atoms with van der Waals surface area (Å²) >= 11 is 0. The Labute approximate surface area is 125 Å². The van der Waals surface area contributed by atoms with Crippen molar-refractivity contribution in [1.29, 1.82) is 0 Å². The molecule has 1 aliphatic heterocycles. The highest BCUT2D eigenvalue weighted by atomic mass is 16.6. The summed E-state index contributed by atoms with van der Waals surface area (Å²) in [6, 6.07) is 5.17. The van der Waals surface area contributed by atoms with E-state index in [0.717, 1.165) is 38.3 Å². The normalized spacial score (nSPS) is 17.7. The molecule has 6 nitrogen and oxygen atoms in total. The minimum absolute atomic E-state index is 0.0773. The van der Waals surface area contributed by atoms with E-state index in [1.165, 1.54) is 0 Å². The molecule has 0 aliphatic carbocycles. The molecule has 1 aromatic rings. The number of hydrogen-bond acceptors (Lipinski definition) is 5. The first-order chi connectivity index (χ1) is 9.94. The average Bonchev–Trinajstić information content (AvgIpc) is 2.45. The van der Waals surface area contributed by atoms with Gasteiger partial charge in [0.05, 0.1) is 4.92 Å². The van der Waals surface area contributed by atoms with Crippen molar-refractivity contribution in [3.63, 3.8) is 0 Å².